The number of carboxylic acids is 1. The third kappa shape index (κ3) is 6.22. The van der Waals surface area contributed by atoms with Gasteiger partial charge in [-0.1, -0.05) is 23.2 Å². The molecule has 1 saturated carbocycles. The fourth-order valence-corrected chi connectivity index (χ4v) is 5.86. The fraction of sp³-hybridized carbons (Fsp3) is 0.560. The Kier molecular flexibility index (Phi) is 8.30. The molecule has 1 amide bonds. The van der Waals surface area contributed by atoms with E-state index in [0.29, 0.717) is 0 Å². The number of carbonyl (C=O) groups excluding carboxylic acids is 2. The average Bonchev–Trinajstić information content (AvgIpc) is 3.45. The first-order valence-corrected chi connectivity index (χ1v) is 13.1. The minimum atomic E-state index is -4.94. The van der Waals surface area contributed by atoms with Gasteiger partial charge in [0.15, 0.2) is 11.5 Å². The number of hydrogen-bond acceptors (Lipinski definition) is 6. The molecule has 2 aliphatic rings. The molecule has 14 heteroatoms. The van der Waals surface area contributed by atoms with Gasteiger partial charge in [-0.15, -0.1) is 0 Å². The molecule has 4 rings (SSSR count). The Balaban J connectivity index is 1.70. The van der Waals surface area contributed by atoms with E-state index in [2.05, 4.69) is 10.1 Å². The van der Waals surface area contributed by atoms with E-state index in [1.54, 1.807) is 13.8 Å². The number of carbonyl (C=O) groups is 3. The molecular formula is C25H27Cl2F3N4O5. The molecular weight excluding hydrogens is 564 g/mol. The van der Waals surface area contributed by atoms with Crippen LogP contribution in [-0.4, -0.2) is 67.2 Å². The van der Waals surface area contributed by atoms with Gasteiger partial charge >= 0.3 is 12.1 Å². The minimum Gasteiger partial charge on any atom is -0.481 e. The van der Waals surface area contributed by atoms with Gasteiger partial charge in [0.1, 0.15) is 0 Å². The molecule has 0 bridgehead atoms. The Hall–Kier alpha value is -2.70. The molecule has 39 heavy (non-hydrogen) atoms. The molecule has 3 heterocycles. The number of aromatic nitrogens is 3. The van der Waals surface area contributed by atoms with Crippen LogP contribution < -0.4 is 0 Å². The van der Waals surface area contributed by atoms with Crippen LogP contribution >= 0.6 is 23.2 Å². The number of ether oxygens (including phenoxy) is 1. The van der Waals surface area contributed by atoms with Crippen LogP contribution in [0.4, 0.5) is 13.2 Å². The van der Waals surface area contributed by atoms with Crippen molar-refractivity contribution in [1.82, 2.24) is 19.7 Å². The monoisotopic (exact) mass is 590 g/mol. The summed E-state index contributed by atoms with van der Waals surface area (Å²) in [5.41, 5.74) is -2.70. The zero-order chi connectivity index (χ0) is 28.7. The Bertz CT molecular complexity index is 1250. The summed E-state index contributed by atoms with van der Waals surface area (Å²) in [6.07, 6.45) is -0.657. The van der Waals surface area contributed by atoms with E-state index >= 15 is 0 Å². The summed E-state index contributed by atoms with van der Waals surface area (Å²) in [6.45, 7) is 2.97. The molecule has 0 spiro atoms. The third-order valence-electron chi connectivity index (χ3n) is 7.23. The summed E-state index contributed by atoms with van der Waals surface area (Å²) in [4.78, 5) is 43.2. The quantitative estimate of drug-likeness (QED) is 0.434. The van der Waals surface area contributed by atoms with Crippen molar-refractivity contribution in [3.05, 3.63) is 45.5 Å². The zero-order valence-electron chi connectivity index (χ0n) is 21.2. The van der Waals surface area contributed by atoms with Crippen molar-refractivity contribution < 1.29 is 37.4 Å². The first-order chi connectivity index (χ1) is 18.2. The Labute approximate surface area is 232 Å². The third-order valence-corrected chi connectivity index (χ3v) is 7.80. The van der Waals surface area contributed by atoms with Crippen LogP contribution in [0.25, 0.3) is 0 Å². The van der Waals surface area contributed by atoms with Gasteiger partial charge in [-0.25, -0.2) is 0 Å². The molecule has 1 unspecified atom stereocenters. The van der Waals surface area contributed by atoms with E-state index in [1.165, 1.54) is 12.4 Å². The lowest BCUT2D eigenvalue weighted by molar-refractivity contribution is -0.147. The summed E-state index contributed by atoms with van der Waals surface area (Å²) < 4.78 is 49.7. The number of aliphatic carboxylic acids is 1. The molecule has 2 aromatic heterocycles. The molecule has 1 atom stereocenters. The lowest BCUT2D eigenvalue weighted by Gasteiger charge is -2.30. The highest BCUT2D eigenvalue weighted by Crippen LogP contribution is 2.40. The van der Waals surface area contributed by atoms with Gasteiger partial charge in [0.2, 0.25) is 0 Å². The van der Waals surface area contributed by atoms with Crippen LogP contribution in [-0.2, 0) is 15.7 Å². The highest BCUT2D eigenvalue weighted by molar-refractivity contribution is 6.39. The van der Waals surface area contributed by atoms with E-state index in [-0.39, 0.29) is 54.3 Å². The van der Waals surface area contributed by atoms with Crippen molar-refractivity contribution in [1.29, 1.82) is 0 Å². The number of hydrogen-bond donors (Lipinski definition) is 1. The van der Waals surface area contributed by atoms with E-state index in [4.69, 9.17) is 27.9 Å². The van der Waals surface area contributed by atoms with E-state index < -0.39 is 65.2 Å². The average molecular weight is 591 g/mol. The highest BCUT2D eigenvalue weighted by Gasteiger charge is 2.45. The molecule has 2 aromatic rings. The number of pyridine rings is 1. The maximum Gasteiger partial charge on any atom is 0.433 e. The van der Waals surface area contributed by atoms with Gasteiger partial charge in [0.05, 0.1) is 64.1 Å². The van der Waals surface area contributed by atoms with E-state index in [1.807, 2.05) is 0 Å². The number of ketones is 1. The van der Waals surface area contributed by atoms with Gasteiger partial charge in [-0.3, -0.25) is 24.0 Å². The summed E-state index contributed by atoms with van der Waals surface area (Å²) in [5.74, 6) is -3.32. The maximum atomic E-state index is 14.4. The highest BCUT2D eigenvalue weighted by atomic mass is 35.5. The van der Waals surface area contributed by atoms with Gasteiger partial charge < -0.3 is 14.7 Å². The van der Waals surface area contributed by atoms with Crippen LogP contribution in [0.3, 0.4) is 0 Å². The predicted molar refractivity (Wildman–Crippen MR) is 134 cm³/mol. The molecule has 1 N–H and O–H groups in total. The molecule has 0 aromatic carbocycles. The predicted octanol–water partition coefficient (Wildman–Crippen LogP) is 5.31. The number of carboxylic acid groups (broad SMARTS) is 1. The second-order valence-electron chi connectivity index (χ2n) is 10.5. The van der Waals surface area contributed by atoms with Crippen molar-refractivity contribution in [2.75, 3.05) is 13.2 Å². The van der Waals surface area contributed by atoms with Gasteiger partial charge in [0, 0.05) is 12.4 Å². The second-order valence-corrected chi connectivity index (χ2v) is 11.3. The molecule has 1 aliphatic heterocycles. The maximum absolute atomic E-state index is 14.4. The van der Waals surface area contributed by atoms with Crippen molar-refractivity contribution >= 4 is 40.9 Å². The van der Waals surface area contributed by atoms with Crippen LogP contribution in [0.1, 0.15) is 78.4 Å². The Morgan fingerprint density at radius 2 is 1.74 bits per heavy atom. The number of amides is 1. The first kappa shape index (κ1) is 29.3. The van der Waals surface area contributed by atoms with Gasteiger partial charge in [-0.05, 0) is 46.0 Å². The van der Waals surface area contributed by atoms with Crippen LogP contribution in [0, 0.1) is 5.92 Å². The Morgan fingerprint density at radius 1 is 1.13 bits per heavy atom. The van der Waals surface area contributed by atoms with Gasteiger partial charge in [-0.2, -0.15) is 18.3 Å². The lowest BCUT2D eigenvalue weighted by atomic mass is 9.86. The standard InChI is InChI=1S/C25H27Cl2F3N4O5/c1-24(2)7-15(12-39-24)33(11-19(35)20-17(26)9-31-10-18(20)27)22(36)16-8-32-34(21(16)25(28,29)30)14-5-3-13(4-6-14)23(37)38/h8-10,13-15H,3-7,11-12H2,1-2H3,(H,37,38)/t13-,14-,15?. The van der Waals surface area contributed by atoms with Crippen LogP contribution in [0.2, 0.25) is 10.0 Å². The molecule has 9 nitrogen and oxygen atoms in total. The number of alkyl halides is 3. The fourth-order valence-electron chi connectivity index (χ4n) is 5.29. The summed E-state index contributed by atoms with van der Waals surface area (Å²) in [5, 5.41) is 13.1. The summed E-state index contributed by atoms with van der Waals surface area (Å²) >= 11 is 12.2. The Morgan fingerprint density at radius 3 is 2.26 bits per heavy atom. The molecule has 212 valence electrons. The van der Waals surface area contributed by atoms with E-state index in [9.17, 15) is 32.7 Å². The SMILES string of the molecule is CC1(C)CC(N(CC(=O)c2c(Cl)cncc2Cl)C(=O)c2cnn([C@H]3CC[C@H](C(=O)O)CC3)c2C(F)(F)F)CO1. The lowest BCUT2D eigenvalue weighted by Crippen LogP contribution is -2.45. The zero-order valence-corrected chi connectivity index (χ0v) is 22.7. The molecule has 1 aliphatic carbocycles. The smallest absolute Gasteiger partial charge is 0.433 e. The normalized spacial score (nSPS) is 23.0. The summed E-state index contributed by atoms with van der Waals surface area (Å²) in [6, 6.07) is -1.43. The number of halogens is 5. The molecule has 1 saturated heterocycles. The molecule has 2 fully saturated rings. The number of nitrogens with zero attached hydrogens (tertiary/aromatic N) is 4. The van der Waals surface area contributed by atoms with Crippen molar-refractivity contribution in [2.45, 2.75) is 69.8 Å². The largest absolute Gasteiger partial charge is 0.481 e. The first-order valence-electron chi connectivity index (χ1n) is 12.3. The second kappa shape index (κ2) is 11.1. The van der Waals surface area contributed by atoms with Gasteiger partial charge in [0.25, 0.3) is 5.91 Å². The minimum absolute atomic E-state index is 0.0124. The van der Waals surface area contributed by atoms with Crippen molar-refractivity contribution in [3.8, 4) is 0 Å². The molecule has 0 radical (unpaired) electrons. The summed E-state index contributed by atoms with van der Waals surface area (Å²) in [7, 11) is 0. The number of rotatable bonds is 7. The van der Waals surface area contributed by atoms with Crippen molar-refractivity contribution in [2.24, 2.45) is 5.92 Å². The topological polar surface area (TPSA) is 115 Å². The van der Waals surface area contributed by atoms with Crippen molar-refractivity contribution in [3.63, 3.8) is 0 Å². The van der Waals surface area contributed by atoms with E-state index in [0.717, 1.165) is 15.8 Å². The number of Topliss-reactive ketones (excluding diaryl/α,β-unsaturated/α-hetero) is 1. The van der Waals surface area contributed by atoms with Crippen LogP contribution in [0.15, 0.2) is 18.6 Å². The van der Waals surface area contributed by atoms with Crippen LogP contribution in [0.5, 0.6) is 0 Å².